The Morgan fingerprint density at radius 2 is 2.04 bits per heavy atom. The number of nitro benzene ring substituents is 1. The molecule has 1 aliphatic rings. The Balaban J connectivity index is 1.96. The van der Waals surface area contributed by atoms with Gasteiger partial charge in [-0.15, -0.1) is 0 Å². The maximum Gasteiger partial charge on any atom is 0.293 e. The van der Waals surface area contributed by atoms with Crippen molar-refractivity contribution in [3.63, 3.8) is 0 Å². The normalized spacial score (nSPS) is 13.3. The first kappa shape index (κ1) is 15.9. The molecule has 2 aromatic carbocycles. The highest BCUT2D eigenvalue weighted by atomic mass is 19.1. The monoisotopic (exact) mass is 329 g/mol. The van der Waals surface area contributed by atoms with Crippen LogP contribution >= 0.6 is 0 Å². The van der Waals surface area contributed by atoms with Gasteiger partial charge in [0.1, 0.15) is 11.5 Å². The van der Waals surface area contributed by atoms with E-state index >= 15 is 0 Å². The van der Waals surface area contributed by atoms with Crippen LogP contribution in [-0.2, 0) is 13.0 Å². The van der Waals surface area contributed by atoms with Crippen molar-refractivity contribution in [3.05, 3.63) is 69.0 Å². The van der Waals surface area contributed by atoms with Crippen molar-refractivity contribution in [2.24, 2.45) is 0 Å². The Labute approximate surface area is 138 Å². The van der Waals surface area contributed by atoms with Gasteiger partial charge in [-0.25, -0.2) is 4.39 Å². The van der Waals surface area contributed by atoms with Crippen LogP contribution in [0.5, 0.6) is 0 Å². The molecule has 0 aromatic heterocycles. The van der Waals surface area contributed by atoms with Crippen LogP contribution in [0.1, 0.15) is 21.5 Å². The zero-order chi connectivity index (χ0) is 17.3. The topological polar surface area (TPSA) is 75.5 Å². The van der Waals surface area contributed by atoms with Gasteiger partial charge in [-0.2, -0.15) is 0 Å². The summed E-state index contributed by atoms with van der Waals surface area (Å²) >= 11 is 0. The summed E-state index contributed by atoms with van der Waals surface area (Å²) in [4.78, 5) is 24.5. The molecule has 0 spiro atoms. The fourth-order valence-electron chi connectivity index (χ4n) is 2.95. The third-order valence-electron chi connectivity index (χ3n) is 4.18. The molecular formula is C17H16FN3O3. The van der Waals surface area contributed by atoms with Gasteiger partial charge in [0, 0.05) is 31.8 Å². The molecule has 124 valence electrons. The minimum absolute atomic E-state index is 0.110. The Hall–Kier alpha value is -2.96. The number of nitrogens with one attached hydrogen (secondary N) is 1. The lowest BCUT2D eigenvalue weighted by molar-refractivity contribution is -0.384. The van der Waals surface area contributed by atoms with E-state index in [9.17, 15) is 19.3 Å². The molecule has 0 radical (unpaired) electrons. The predicted octanol–water partition coefficient (Wildman–Crippen LogP) is 2.66. The van der Waals surface area contributed by atoms with E-state index in [0.29, 0.717) is 25.2 Å². The van der Waals surface area contributed by atoms with Crippen LogP contribution in [0.3, 0.4) is 0 Å². The van der Waals surface area contributed by atoms with Crippen molar-refractivity contribution >= 4 is 17.3 Å². The fraction of sp³-hybridized carbons (Fsp3) is 0.235. The quantitative estimate of drug-likeness (QED) is 0.694. The largest absolute Gasteiger partial charge is 0.361 e. The average molecular weight is 329 g/mol. The van der Waals surface area contributed by atoms with E-state index in [4.69, 9.17) is 0 Å². The van der Waals surface area contributed by atoms with E-state index in [1.54, 1.807) is 18.2 Å². The second kappa shape index (κ2) is 6.27. The van der Waals surface area contributed by atoms with Crippen molar-refractivity contribution in [2.45, 2.75) is 13.0 Å². The standard InChI is InChI=1S/C17H16FN3O3/c1-19-17(22)12-3-5-15(16(9-12)21(23)24)20-7-6-11-8-14(18)4-2-13(11)10-20/h2-5,8-9H,6-7,10H2,1H3,(H,19,22). The van der Waals surface area contributed by atoms with Gasteiger partial charge in [-0.05, 0) is 41.8 Å². The van der Waals surface area contributed by atoms with E-state index in [1.165, 1.54) is 25.2 Å². The van der Waals surface area contributed by atoms with Gasteiger partial charge in [-0.1, -0.05) is 6.07 Å². The molecule has 7 heteroatoms. The molecule has 24 heavy (non-hydrogen) atoms. The lowest BCUT2D eigenvalue weighted by Crippen LogP contribution is -2.31. The molecular weight excluding hydrogens is 313 g/mol. The number of hydrogen-bond acceptors (Lipinski definition) is 4. The van der Waals surface area contributed by atoms with Crippen molar-refractivity contribution in [3.8, 4) is 0 Å². The zero-order valence-electron chi connectivity index (χ0n) is 13.1. The van der Waals surface area contributed by atoms with E-state index < -0.39 is 4.92 Å². The highest BCUT2D eigenvalue weighted by Gasteiger charge is 2.25. The van der Waals surface area contributed by atoms with Gasteiger partial charge in [0.25, 0.3) is 11.6 Å². The second-order valence-corrected chi connectivity index (χ2v) is 5.62. The molecule has 2 aromatic rings. The van der Waals surface area contributed by atoms with Crippen LogP contribution in [0.25, 0.3) is 0 Å². The van der Waals surface area contributed by atoms with Gasteiger partial charge in [-0.3, -0.25) is 14.9 Å². The van der Waals surface area contributed by atoms with E-state index in [2.05, 4.69) is 5.32 Å². The third kappa shape index (κ3) is 2.92. The number of hydrogen-bond donors (Lipinski definition) is 1. The number of amides is 1. The molecule has 3 rings (SSSR count). The SMILES string of the molecule is CNC(=O)c1ccc(N2CCc3cc(F)ccc3C2)c([N+](=O)[O-])c1. The lowest BCUT2D eigenvalue weighted by Gasteiger charge is -2.30. The van der Waals surface area contributed by atoms with Gasteiger partial charge >= 0.3 is 0 Å². The highest BCUT2D eigenvalue weighted by molar-refractivity contribution is 5.95. The van der Waals surface area contributed by atoms with Gasteiger partial charge in [0.2, 0.25) is 0 Å². The Morgan fingerprint density at radius 3 is 2.75 bits per heavy atom. The van der Waals surface area contributed by atoms with Gasteiger partial charge in [0.15, 0.2) is 0 Å². The molecule has 6 nitrogen and oxygen atoms in total. The van der Waals surface area contributed by atoms with Crippen molar-refractivity contribution < 1.29 is 14.1 Å². The molecule has 1 heterocycles. The molecule has 0 aliphatic carbocycles. The maximum atomic E-state index is 13.3. The highest BCUT2D eigenvalue weighted by Crippen LogP contribution is 2.33. The van der Waals surface area contributed by atoms with Crippen LogP contribution in [0, 0.1) is 15.9 Å². The molecule has 0 saturated carbocycles. The van der Waals surface area contributed by atoms with Crippen molar-refractivity contribution in [1.82, 2.24) is 5.32 Å². The smallest absolute Gasteiger partial charge is 0.293 e. The van der Waals surface area contributed by atoms with Crippen molar-refractivity contribution in [2.75, 3.05) is 18.5 Å². The molecule has 0 unspecified atom stereocenters. The number of nitro groups is 1. The minimum Gasteiger partial charge on any atom is -0.361 e. The molecule has 1 amide bonds. The van der Waals surface area contributed by atoms with E-state index in [0.717, 1.165) is 11.1 Å². The first-order valence-electron chi connectivity index (χ1n) is 7.52. The molecule has 0 saturated heterocycles. The number of carbonyl (C=O) groups excluding carboxylic acids is 1. The number of benzene rings is 2. The number of rotatable bonds is 3. The van der Waals surface area contributed by atoms with E-state index in [1.807, 2.05) is 4.90 Å². The Kier molecular flexibility index (Phi) is 4.16. The number of nitrogens with zero attached hydrogens (tertiary/aromatic N) is 2. The first-order chi connectivity index (χ1) is 11.5. The molecule has 0 fully saturated rings. The fourth-order valence-corrected chi connectivity index (χ4v) is 2.95. The summed E-state index contributed by atoms with van der Waals surface area (Å²) in [5.41, 5.74) is 2.47. The molecule has 0 bridgehead atoms. The lowest BCUT2D eigenvalue weighted by atomic mass is 9.98. The van der Waals surface area contributed by atoms with Crippen LogP contribution in [0.4, 0.5) is 15.8 Å². The third-order valence-corrected chi connectivity index (χ3v) is 4.18. The van der Waals surface area contributed by atoms with Gasteiger partial charge in [0.05, 0.1) is 4.92 Å². The summed E-state index contributed by atoms with van der Waals surface area (Å²) in [6, 6.07) is 9.07. The summed E-state index contributed by atoms with van der Waals surface area (Å²) in [5.74, 6) is -0.646. The predicted molar refractivity (Wildman–Crippen MR) is 87.6 cm³/mol. The summed E-state index contributed by atoms with van der Waals surface area (Å²) in [6.45, 7) is 1.02. The van der Waals surface area contributed by atoms with Crippen LogP contribution in [0.15, 0.2) is 36.4 Å². The molecule has 1 aliphatic heterocycles. The zero-order valence-corrected chi connectivity index (χ0v) is 13.1. The second-order valence-electron chi connectivity index (χ2n) is 5.62. The number of carbonyl (C=O) groups is 1. The summed E-state index contributed by atoms with van der Waals surface area (Å²) in [5, 5.41) is 13.9. The van der Waals surface area contributed by atoms with Gasteiger partial charge < -0.3 is 10.2 Å². The maximum absolute atomic E-state index is 13.3. The van der Waals surface area contributed by atoms with Crippen LogP contribution in [0.2, 0.25) is 0 Å². The summed E-state index contributed by atoms with van der Waals surface area (Å²) in [6.07, 6.45) is 0.613. The Morgan fingerprint density at radius 1 is 1.25 bits per heavy atom. The minimum atomic E-state index is -0.484. The van der Waals surface area contributed by atoms with Crippen LogP contribution in [-0.4, -0.2) is 24.4 Å². The summed E-state index contributed by atoms with van der Waals surface area (Å²) < 4.78 is 13.3. The Bertz CT molecular complexity index is 823. The van der Waals surface area contributed by atoms with E-state index in [-0.39, 0.29) is 23.0 Å². The summed E-state index contributed by atoms with van der Waals surface area (Å²) in [7, 11) is 1.47. The number of fused-ring (bicyclic) bond motifs is 1. The molecule has 0 atom stereocenters. The molecule has 1 N–H and O–H groups in total. The average Bonchev–Trinajstić information content (AvgIpc) is 2.60. The number of anilines is 1. The van der Waals surface area contributed by atoms with Crippen LogP contribution < -0.4 is 10.2 Å². The first-order valence-corrected chi connectivity index (χ1v) is 7.52. The number of halogens is 1. The van der Waals surface area contributed by atoms with Crippen molar-refractivity contribution in [1.29, 1.82) is 0 Å².